The van der Waals surface area contributed by atoms with E-state index in [0.717, 1.165) is 12.5 Å². The van der Waals surface area contributed by atoms with E-state index in [2.05, 4.69) is 50.3 Å². The molecule has 1 N–H and O–H groups in total. The lowest BCUT2D eigenvalue weighted by Gasteiger charge is -2.35. The van der Waals surface area contributed by atoms with Crippen LogP contribution in [0.5, 0.6) is 0 Å². The summed E-state index contributed by atoms with van der Waals surface area (Å²) in [5.41, 5.74) is 1.38. The van der Waals surface area contributed by atoms with Crippen LogP contribution in [0.15, 0.2) is 5.38 Å². The normalized spacial score (nSPS) is 25.7. The molecular weight excluding hydrogens is 254 g/mol. The van der Waals surface area contributed by atoms with Crippen LogP contribution in [-0.4, -0.2) is 36.1 Å². The molecule has 4 heteroatoms. The standard InChI is InChI=1S/C15H27N3S/c1-11-9-18(5)7-6-12(11)16-8-14-17-13(10-19-14)15(2,3)4/h10-12,16H,6-9H2,1-5H3. The van der Waals surface area contributed by atoms with Crippen LogP contribution in [0, 0.1) is 5.92 Å². The highest BCUT2D eigenvalue weighted by Crippen LogP contribution is 2.24. The van der Waals surface area contributed by atoms with Crippen molar-refractivity contribution in [2.24, 2.45) is 5.92 Å². The van der Waals surface area contributed by atoms with Crippen molar-refractivity contribution in [1.29, 1.82) is 0 Å². The smallest absolute Gasteiger partial charge is 0.107 e. The molecule has 108 valence electrons. The van der Waals surface area contributed by atoms with Gasteiger partial charge in [0.1, 0.15) is 5.01 Å². The van der Waals surface area contributed by atoms with Crippen molar-refractivity contribution in [3.8, 4) is 0 Å². The molecule has 3 nitrogen and oxygen atoms in total. The molecule has 0 aromatic carbocycles. The van der Waals surface area contributed by atoms with E-state index in [1.165, 1.54) is 30.2 Å². The van der Waals surface area contributed by atoms with E-state index in [0.29, 0.717) is 6.04 Å². The fourth-order valence-electron chi connectivity index (χ4n) is 2.61. The Kier molecular flexibility index (Phi) is 4.64. The van der Waals surface area contributed by atoms with E-state index in [9.17, 15) is 0 Å². The molecule has 0 saturated carbocycles. The lowest BCUT2D eigenvalue weighted by molar-refractivity contribution is 0.174. The molecule has 1 aromatic rings. The van der Waals surface area contributed by atoms with Crippen molar-refractivity contribution >= 4 is 11.3 Å². The fourth-order valence-corrected chi connectivity index (χ4v) is 3.58. The average Bonchev–Trinajstić information content (AvgIpc) is 2.76. The van der Waals surface area contributed by atoms with Crippen LogP contribution in [0.2, 0.25) is 0 Å². The first-order valence-corrected chi connectivity index (χ1v) is 8.11. The minimum Gasteiger partial charge on any atom is -0.307 e. The monoisotopic (exact) mass is 281 g/mol. The van der Waals surface area contributed by atoms with Crippen LogP contribution < -0.4 is 5.32 Å². The number of hydrogen-bond acceptors (Lipinski definition) is 4. The van der Waals surface area contributed by atoms with E-state index in [4.69, 9.17) is 4.98 Å². The maximum atomic E-state index is 4.75. The summed E-state index contributed by atoms with van der Waals surface area (Å²) in [4.78, 5) is 7.17. The molecule has 1 fully saturated rings. The van der Waals surface area contributed by atoms with Crippen molar-refractivity contribution in [1.82, 2.24) is 15.2 Å². The van der Waals surface area contributed by atoms with Crippen LogP contribution in [0.1, 0.15) is 44.8 Å². The van der Waals surface area contributed by atoms with Gasteiger partial charge in [-0.2, -0.15) is 0 Å². The summed E-state index contributed by atoms with van der Waals surface area (Å²) in [7, 11) is 2.21. The Morgan fingerprint density at radius 1 is 1.47 bits per heavy atom. The van der Waals surface area contributed by atoms with Crippen LogP contribution >= 0.6 is 11.3 Å². The third-order valence-electron chi connectivity index (χ3n) is 3.94. The Labute approximate surface area is 121 Å². The molecule has 1 aliphatic heterocycles. The van der Waals surface area contributed by atoms with Crippen molar-refractivity contribution in [2.75, 3.05) is 20.1 Å². The number of likely N-dealkylation sites (tertiary alicyclic amines) is 1. The summed E-state index contributed by atoms with van der Waals surface area (Å²) in [6.07, 6.45) is 1.25. The molecule has 2 unspecified atom stereocenters. The highest BCUT2D eigenvalue weighted by molar-refractivity contribution is 7.09. The molecule has 1 aromatic heterocycles. The average molecular weight is 281 g/mol. The summed E-state index contributed by atoms with van der Waals surface area (Å²) in [6.45, 7) is 12.3. The maximum absolute atomic E-state index is 4.75. The number of aromatic nitrogens is 1. The van der Waals surface area contributed by atoms with Gasteiger partial charge in [0.2, 0.25) is 0 Å². The zero-order valence-electron chi connectivity index (χ0n) is 12.9. The molecule has 19 heavy (non-hydrogen) atoms. The molecule has 0 amide bonds. The van der Waals surface area contributed by atoms with Gasteiger partial charge in [-0.15, -0.1) is 11.3 Å². The zero-order valence-corrected chi connectivity index (χ0v) is 13.7. The number of thiazole rings is 1. The highest BCUT2D eigenvalue weighted by atomic mass is 32.1. The molecule has 2 rings (SSSR count). The van der Waals surface area contributed by atoms with E-state index < -0.39 is 0 Å². The number of nitrogens with zero attached hydrogens (tertiary/aromatic N) is 2. The largest absolute Gasteiger partial charge is 0.307 e. The fraction of sp³-hybridized carbons (Fsp3) is 0.800. The van der Waals surface area contributed by atoms with Crippen molar-refractivity contribution in [3.05, 3.63) is 16.1 Å². The minimum atomic E-state index is 0.162. The first kappa shape index (κ1) is 14.9. The van der Waals surface area contributed by atoms with Crippen LogP contribution in [0.3, 0.4) is 0 Å². The van der Waals surface area contributed by atoms with Gasteiger partial charge in [0.25, 0.3) is 0 Å². The van der Waals surface area contributed by atoms with Crippen molar-refractivity contribution in [2.45, 2.75) is 52.1 Å². The van der Waals surface area contributed by atoms with Gasteiger partial charge in [0.15, 0.2) is 0 Å². The van der Waals surface area contributed by atoms with Crippen molar-refractivity contribution in [3.63, 3.8) is 0 Å². The first-order chi connectivity index (χ1) is 8.86. The van der Waals surface area contributed by atoms with E-state index >= 15 is 0 Å². The minimum absolute atomic E-state index is 0.162. The lowest BCUT2D eigenvalue weighted by Crippen LogP contribution is -2.46. The SMILES string of the molecule is CC1CN(C)CCC1NCc1nc(C(C)(C)C)cs1. The number of hydrogen-bond donors (Lipinski definition) is 1. The Balaban J connectivity index is 1.87. The molecule has 0 spiro atoms. The van der Waals surface area contributed by atoms with Gasteiger partial charge in [0.05, 0.1) is 5.69 Å². The Bertz CT molecular complexity index is 408. The van der Waals surface area contributed by atoms with Crippen LogP contribution in [0.4, 0.5) is 0 Å². The van der Waals surface area contributed by atoms with Gasteiger partial charge >= 0.3 is 0 Å². The first-order valence-electron chi connectivity index (χ1n) is 7.23. The lowest BCUT2D eigenvalue weighted by atomic mass is 9.93. The second-order valence-corrected chi connectivity index (χ2v) is 7.83. The zero-order chi connectivity index (χ0) is 14.0. The predicted molar refractivity (Wildman–Crippen MR) is 82.7 cm³/mol. The molecule has 1 aliphatic rings. The number of nitrogens with one attached hydrogen (secondary N) is 1. The Morgan fingerprint density at radius 2 is 2.21 bits per heavy atom. The number of piperidine rings is 1. The van der Waals surface area contributed by atoms with Gasteiger partial charge in [-0.1, -0.05) is 27.7 Å². The van der Waals surface area contributed by atoms with Gasteiger partial charge in [0, 0.05) is 29.9 Å². The second-order valence-electron chi connectivity index (χ2n) is 6.89. The molecule has 1 saturated heterocycles. The number of rotatable bonds is 3. The van der Waals surface area contributed by atoms with E-state index in [1.807, 2.05) is 0 Å². The third-order valence-corrected chi connectivity index (χ3v) is 4.79. The van der Waals surface area contributed by atoms with Gasteiger partial charge in [-0.25, -0.2) is 4.98 Å². The van der Waals surface area contributed by atoms with Crippen molar-refractivity contribution < 1.29 is 0 Å². The van der Waals surface area contributed by atoms with Gasteiger partial charge in [-0.05, 0) is 25.9 Å². The van der Waals surface area contributed by atoms with E-state index in [-0.39, 0.29) is 5.41 Å². The highest BCUT2D eigenvalue weighted by Gasteiger charge is 2.24. The molecule has 0 radical (unpaired) electrons. The molecule has 0 aliphatic carbocycles. The Morgan fingerprint density at radius 3 is 2.79 bits per heavy atom. The molecular formula is C15H27N3S. The summed E-state index contributed by atoms with van der Waals surface area (Å²) in [5.74, 6) is 0.723. The Hall–Kier alpha value is -0.450. The molecule has 0 bridgehead atoms. The van der Waals surface area contributed by atoms with Gasteiger partial charge in [-0.3, -0.25) is 0 Å². The summed E-state index contributed by atoms with van der Waals surface area (Å²) in [6, 6.07) is 0.637. The summed E-state index contributed by atoms with van der Waals surface area (Å²) in [5, 5.41) is 7.12. The van der Waals surface area contributed by atoms with Crippen LogP contribution in [-0.2, 0) is 12.0 Å². The quantitative estimate of drug-likeness (QED) is 0.923. The summed E-state index contributed by atoms with van der Waals surface area (Å²) >= 11 is 1.78. The van der Waals surface area contributed by atoms with Crippen LogP contribution in [0.25, 0.3) is 0 Å². The van der Waals surface area contributed by atoms with Gasteiger partial charge < -0.3 is 10.2 Å². The predicted octanol–water partition coefficient (Wildman–Crippen LogP) is 2.87. The molecule has 2 heterocycles. The molecule has 2 atom stereocenters. The second kappa shape index (κ2) is 5.90. The maximum Gasteiger partial charge on any atom is 0.107 e. The topological polar surface area (TPSA) is 28.2 Å². The summed E-state index contributed by atoms with van der Waals surface area (Å²) < 4.78 is 0. The third kappa shape index (κ3) is 4.01. The van der Waals surface area contributed by atoms with E-state index in [1.54, 1.807) is 11.3 Å².